The summed E-state index contributed by atoms with van der Waals surface area (Å²) in [5.41, 5.74) is 2.59. The highest BCUT2D eigenvalue weighted by molar-refractivity contribution is 5.95. The molecule has 0 radical (unpaired) electrons. The van der Waals surface area contributed by atoms with Crippen molar-refractivity contribution in [2.75, 3.05) is 27.7 Å². The average molecular weight is 377 g/mol. The van der Waals surface area contributed by atoms with E-state index in [0.717, 1.165) is 23.5 Å². The van der Waals surface area contributed by atoms with Gasteiger partial charge in [-0.15, -0.1) is 0 Å². The molecule has 0 aliphatic carbocycles. The number of benzene rings is 2. The first-order valence-corrected chi connectivity index (χ1v) is 9.31. The van der Waals surface area contributed by atoms with Crippen molar-refractivity contribution in [3.63, 3.8) is 0 Å². The molecule has 28 heavy (non-hydrogen) atoms. The fourth-order valence-electron chi connectivity index (χ4n) is 3.19. The first-order chi connectivity index (χ1) is 13.4. The van der Waals surface area contributed by atoms with Crippen LogP contribution in [0.1, 0.15) is 27.8 Å². The van der Waals surface area contributed by atoms with Crippen LogP contribution in [0.4, 0.5) is 0 Å². The van der Waals surface area contributed by atoms with Gasteiger partial charge in [-0.2, -0.15) is 5.10 Å². The molecule has 3 rings (SSSR count). The van der Waals surface area contributed by atoms with Crippen molar-refractivity contribution in [3.8, 4) is 11.4 Å². The van der Waals surface area contributed by atoms with E-state index in [1.54, 1.807) is 4.68 Å². The number of nitrogens with zero attached hydrogens (tertiary/aromatic N) is 5. The van der Waals surface area contributed by atoms with Gasteiger partial charge in [-0.3, -0.25) is 9.48 Å². The van der Waals surface area contributed by atoms with Crippen molar-refractivity contribution in [1.82, 2.24) is 24.6 Å². The van der Waals surface area contributed by atoms with Gasteiger partial charge in [-0.25, -0.2) is 4.98 Å². The first-order valence-electron chi connectivity index (χ1n) is 9.31. The fourth-order valence-corrected chi connectivity index (χ4v) is 3.19. The molecule has 146 valence electrons. The van der Waals surface area contributed by atoms with Crippen molar-refractivity contribution in [2.45, 2.75) is 13.0 Å². The molecule has 3 aromatic rings. The molecule has 0 aliphatic heterocycles. The monoisotopic (exact) mass is 377 g/mol. The van der Waals surface area contributed by atoms with Crippen LogP contribution in [0.5, 0.6) is 0 Å². The van der Waals surface area contributed by atoms with Crippen LogP contribution < -0.4 is 0 Å². The van der Waals surface area contributed by atoms with Crippen LogP contribution >= 0.6 is 0 Å². The number of carbonyl (C=O) groups excluding carboxylic acids is 1. The number of carbonyl (C=O) groups is 1. The highest BCUT2D eigenvalue weighted by Gasteiger charge is 2.23. The maximum atomic E-state index is 13.3. The van der Waals surface area contributed by atoms with E-state index < -0.39 is 0 Å². The summed E-state index contributed by atoms with van der Waals surface area (Å²) < 4.78 is 1.73. The largest absolute Gasteiger partial charge is 0.333 e. The Morgan fingerprint density at radius 1 is 1.07 bits per heavy atom. The van der Waals surface area contributed by atoms with Crippen molar-refractivity contribution in [2.24, 2.45) is 7.05 Å². The number of likely N-dealkylation sites (N-methyl/N-ethyl adjacent to an activating group) is 2. The zero-order valence-corrected chi connectivity index (χ0v) is 17.1. The molecule has 0 saturated heterocycles. The van der Waals surface area contributed by atoms with E-state index in [9.17, 15) is 4.79 Å². The summed E-state index contributed by atoms with van der Waals surface area (Å²) in [4.78, 5) is 21.6. The van der Waals surface area contributed by atoms with Crippen LogP contribution in [-0.2, 0) is 7.05 Å². The number of aromatic nitrogens is 3. The van der Waals surface area contributed by atoms with Crippen LogP contribution in [-0.4, -0.2) is 58.2 Å². The predicted molar refractivity (Wildman–Crippen MR) is 111 cm³/mol. The van der Waals surface area contributed by atoms with Crippen molar-refractivity contribution >= 4 is 5.91 Å². The second-order valence-corrected chi connectivity index (χ2v) is 7.29. The van der Waals surface area contributed by atoms with Crippen LogP contribution in [0.15, 0.2) is 54.6 Å². The average Bonchev–Trinajstić information content (AvgIpc) is 3.04. The van der Waals surface area contributed by atoms with Gasteiger partial charge in [0.05, 0.1) is 6.04 Å². The molecule has 1 heterocycles. The summed E-state index contributed by atoms with van der Waals surface area (Å²) in [7, 11) is 7.76. The highest BCUT2D eigenvalue weighted by Crippen LogP contribution is 2.24. The molecule has 0 spiro atoms. The third-order valence-corrected chi connectivity index (χ3v) is 4.86. The van der Waals surface area contributed by atoms with E-state index in [4.69, 9.17) is 0 Å². The van der Waals surface area contributed by atoms with Gasteiger partial charge in [0.15, 0.2) is 5.82 Å². The molecule has 0 fully saturated rings. The second-order valence-electron chi connectivity index (χ2n) is 7.29. The first kappa shape index (κ1) is 19.8. The topological polar surface area (TPSA) is 54.3 Å². The van der Waals surface area contributed by atoms with Gasteiger partial charge >= 0.3 is 0 Å². The smallest absolute Gasteiger partial charge is 0.254 e. The lowest BCUT2D eigenvalue weighted by Crippen LogP contribution is -2.37. The third kappa shape index (κ3) is 4.28. The van der Waals surface area contributed by atoms with E-state index in [2.05, 4.69) is 27.1 Å². The summed E-state index contributed by atoms with van der Waals surface area (Å²) in [6.45, 7) is 2.65. The van der Waals surface area contributed by atoms with E-state index in [1.807, 2.05) is 82.5 Å². The molecule has 0 unspecified atom stereocenters. The molecule has 0 bridgehead atoms. The SMILES string of the molecule is Cc1nc(-c2cccc(C(=O)N(C)[C@@H](CN(C)C)c3ccccc3)c2)nn1C. The summed E-state index contributed by atoms with van der Waals surface area (Å²) in [6, 6.07) is 17.6. The van der Waals surface area contributed by atoms with Crippen LogP contribution in [0.25, 0.3) is 11.4 Å². The zero-order chi connectivity index (χ0) is 20.3. The predicted octanol–water partition coefficient (Wildman–Crippen LogP) is 3.17. The molecule has 6 nitrogen and oxygen atoms in total. The molecule has 1 atom stereocenters. The van der Waals surface area contributed by atoms with Gasteiger partial charge in [0, 0.05) is 31.8 Å². The van der Waals surface area contributed by atoms with E-state index in [0.29, 0.717) is 11.4 Å². The molecule has 0 N–H and O–H groups in total. The minimum Gasteiger partial charge on any atom is -0.333 e. The molecule has 1 amide bonds. The third-order valence-electron chi connectivity index (χ3n) is 4.86. The molecule has 6 heteroatoms. The Labute approximate surface area is 166 Å². The van der Waals surface area contributed by atoms with Crippen molar-refractivity contribution in [3.05, 3.63) is 71.5 Å². The fraction of sp³-hybridized carbons (Fsp3) is 0.318. The van der Waals surface area contributed by atoms with Gasteiger partial charge in [0.1, 0.15) is 5.82 Å². The van der Waals surface area contributed by atoms with Gasteiger partial charge < -0.3 is 9.80 Å². The lowest BCUT2D eigenvalue weighted by Gasteiger charge is -2.31. The lowest BCUT2D eigenvalue weighted by molar-refractivity contribution is 0.0705. The molecule has 1 aromatic heterocycles. The number of hydrogen-bond donors (Lipinski definition) is 0. The molecule has 2 aromatic carbocycles. The van der Waals surface area contributed by atoms with E-state index in [1.165, 1.54) is 0 Å². The molecule has 0 saturated carbocycles. The van der Waals surface area contributed by atoms with Crippen LogP contribution in [0.2, 0.25) is 0 Å². The lowest BCUT2D eigenvalue weighted by atomic mass is 10.0. The Hall–Kier alpha value is -2.99. The molecule has 0 aliphatic rings. The number of rotatable bonds is 6. The maximum absolute atomic E-state index is 13.3. The van der Waals surface area contributed by atoms with E-state index in [-0.39, 0.29) is 11.9 Å². The minimum atomic E-state index is -0.0393. The van der Waals surface area contributed by atoms with Gasteiger partial charge in [0.25, 0.3) is 5.91 Å². The number of amides is 1. The number of hydrogen-bond acceptors (Lipinski definition) is 4. The molecular formula is C22H27N5O. The number of aryl methyl sites for hydroxylation is 2. The second kappa shape index (κ2) is 8.35. The minimum absolute atomic E-state index is 0.0230. The maximum Gasteiger partial charge on any atom is 0.254 e. The summed E-state index contributed by atoms with van der Waals surface area (Å²) in [5, 5.41) is 4.42. The Morgan fingerprint density at radius 2 is 1.79 bits per heavy atom. The summed E-state index contributed by atoms with van der Waals surface area (Å²) in [5.74, 6) is 1.44. The summed E-state index contributed by atoms with van der Waals surface area (Å²) in [6.07, 6.45) is 0. The zero-order valence-electron chi connectivity index (χ0n) is 17.1. The molecular weight excluding hydrogens is 350 g/mol. The van der Waals surface area contributed by atoms with Gasteiger partial charge in [0.2, 0.25) is 0 Å². The van der Waals surface area contributed by atoms with Gasteiger partial charge in [-0.1, -0.05) is 42.5 Å². The Morgan fingerprint density at radius 3 is 2.39 bits per heavy atom. The van der Waals surface area contributed by atoms with Crippen LogP contribution in [0.3, 0.4) is 0 Å². The standard InChI is InChI=1S/C22H27N5O/c1-16-23-21(24-27(16)5)18-12-9-13-19(14-18)22(28)26(4)20(15-25(2)3)17-10-7-6-8-11-17/h6-14,20H,15H2,1-5H3/t20-/m0/s1. The quantitative estimate of drug-likeness (QED) is 0.662. The Balaban J connectivity index is 1.90. The normalized spacial score (nSPS) is 12.2. The van der Waals surface area contributed by atoms with Gasteiger partial charge in [-0.05, 0) is 38.7 Å². The van der Waals surface area contributed by atoms with Crippen molar-refractivity contribution in [1.29, 1.82) is 0 Å². The summed E-state index contributed by atoms with van der Waals surface area (Å²) >= 11 is 0. The van der Waals surface area contributed by atoms with Crippen molar-refractivity contribution < 1.29 is 4.79 Å². The highest BCUT2D eigenvalue weighted by atomic mass is 16.2. The van der Waals surface area contributed by atoms with Crippen LogP contribution in [0, 0.1) is 6.92 Å². The Bertz CT molecular complexity index is 929. The van der Waals surface area contributed by atoms with E-state index >= 15 is 0 Å². The Kier molecular flexibility index (Phi) is 5.90.